The molecule has 0 unspecified atom stereocenters. The zero-order chi connectivity index (χ0) is 11.7. The van der Waals surface area contributed by atoms with E-state index in [1.807, 2.05) is 24.9 Å². The van der Waals surface area contributed by atoms with Crippen molar-refractivity contribution >= 4 is 16.5 Å². The Morgan fingerprint density at radius 3 is 2.38 bits per heavy atom. The minimum atomic E-state index is -0.277. The SMILES string of the molecule is CCN(C)c1ccc2c(=O)[nH][nH]c(=O)c2c1. The third kappa shape index (κ3) is 1.60. The molecule has 2 rings (SSSR count). The van der Waals surface area contributed by atoms with Gasteiger partial charge in [0.25, 0.3) is 11.1 Å². The van der Waals surface area contributed by atoms with Gasteiger partial charge in [-0.05, 0) is 25.1 Å². The van der Waals surface area contributed by atoms with E-state index in [9.17, 15) is 9.59 Å². The average molecular weight is 219 g/mol. The summed E-state index contributed by atoms with van der Waals surface area (Å²) in [6, 6.07) is 5.23. The monoisotopic (exact) mass is 219 g/mol. The van der Waals surface area contributed by atoms with Gasteiger partial charge in [-0.2, -0.15) is 0 Å². The second kappa shape index (κ2) is 3.84. The maximum absolute atomic E-state index is 11.5. The number of nitrogens with zero attached hydrogens (tertiary/aromatic N) is 1. The fourth-order valence-electron chi connectivity index (χ4n) is 1.59. The van der Waals surface area contributed by atoms with Gasteiger partial charge in [0, 0.05) is 19.3 Å². The van der Waals surface area contributed by atoms with Gasteiger partial charge in [-0.25, -0.2) is 0 Å². The zero-order valence-corrected chi connectivity index (χ0v) is 9.20. The quantitative estimate of drug-likeness (QED) is 0.780. The van der Waals surface area contributed by atoms with Gasteiger partial charge in [-0.15, -0.1) is 0 Å². The maximum atomic E-state index is 11.5. The van der Waals surface area contributed by atoms with Crippen molar-refractivity contribution in [2.45, 2.75) is 6.92 Å². The highest BCUT2D eigenvalue weighted by Crippen LogP contribution is 2.16. The Hall–Kier alpha value is -2.04. The molecular weight excluding hydrogens is 206 g/mol. The van der Waals surface area contributed by atoms with Gasteiger partial charge in [-0.3, -0.25) is 19.8 Å². The Kier molecular flexibility index (Phi) is 2.52. The third-order valence-electron chi connectivity index (χ3n) is 2.70. The van der Waals surface area contributed by atoms with Crippen molar-refractivity contribution in [3.8, 4) is 0 Å². The first-order valence-electron chi connectivity index (χ1n) is 5.09. The highest BCUT2D eigenvalue weighted by molar-refractivity contribution is 5.84. The Balaban J connectivity index is 2.76. The molecule has 0 aliphatic rings. The van der Waals surface area contributed by atoms with E-state index in [-0.39, 0.29) is 11.1 Å². The van der Waals surface area contributed by atoms with Crippen LogP contribution in [-0.4, -0.2) is 23.8 Å². The number of H-pyrrole nitrogens is 2. The molecule has 2 aromatic rings. The predicted molar refractivity (Wildman–Crippen MR) is 64.1 cm³/mol. The molecule has 0 fully saturated rings. The summed E-state index contributed by atoms with van der Waals surface area (Å²) in [6.07, 6.45) is 0. The first kappa shape index (κ1) is 10.5. The van der Waals surface area contributed by atoms with E-state index in [0.29, 0.717) is 10.8 Å². The molecule has 5 heteroatoms. The van der Waals surface area contributed by atoms with E-state index in [1.165, 1.54) is 0 Å². The van der Waals surface area contributed by atoms with Gasteiger partial charge in [0.1, 0.15) is 0 Å². The normalized spacial score (nSPS) is 10.6. The molecule has 1 aromatic carbocycles. The summed E-state index contributed by atoms with van der Waals surface area (Å²) in [4.78, 5) is 25.0. The summed E-state index contributed by atoms with van der Waals surface area (Å²) in [5.41, 5.74) is 0.368. The number of hydrogen-bond donors (Lipinski definition) is 2. The molecule has 0 aliphatic heterocycles. The average Bonchev–Trinajstić information content (AvgIpc) is 2.32. The molecule has 0 saturated heterocycles. The highest BCUT2D eigenvalue weighted by atomic mass is 16.1. The van der Waals surface area contributed by atoms with Crippen LogP contribution >= 0.6 is 0 Å². The molecule has 0 saturated carbocycles. The Labute approximate surface area is 91.7 Å². The molecule has 0 spiro atoms. The van der Waals surface area contributed by atoms with E-state index in [2.05, 4.69) is 10.2 Å². The highest BCUT2D eigenvalue weighted by Gasteiger charge is 2.05. The van der Waals surface area contributed by atoms with Crippen molar-refractivity contribution in [3.63, 3.8) is 0 Å². The molecule has 0 radical (unpaired) electrons. The maximum Gasteiger partial charge on any atom is 0.270 e. The number of anilines is 1. The second-order valence-electron chi connectivity index (χ2n) is 3.65. The number of hydrogen-bond acceptors (Lipinski definition) is 3. The number of aromatic amines is 2. The predicted octanol–water partition coefficient (Wildman–Crippen LogP) is 0.672. The van der Waals surface area contributed by atoms with Crippen LogP contribution in [0.4, 0.5) is 5.69 Å². The van der Waals surface area contributed by atoms with Gasteiger partial charge in [0.15, 0.2) is 0 Å². The van der Waals surface area contributed by atoms with E-state index >= 15 is 0 Å². The Morgan fingerprint density at radius 2 is 1.75 bits per heavy atom. The molecule has 0 amide bonds. The minimum Gasteiger partial charge on any atom is -0.375 e. The zero-order valence-electron chi connectivity index (χ0n) is 9.20. The van der Waals surface area contributed by atoms with Crippen LogP contribution in [0.5, 0.6) is 0 Å². The molecule has 0 aliphatic carbocycles. The van der Waals surface area contributed by atoms with Gasteiger partial charge in [-0.1, -0.05) is 0 Å². The Morgan fingerprint density at radius 1 is 1.12 bits per heavy atom. The number of nitrogens with one attached hydrogen (secondary N) is 2. The standard InChI is InChI=1S/C11H13N3O2/c1-3-14(2)7-4-5-8-9(6-7)11(16)13-12-10(8)15/h4-6H,3H2,1-2H3,(H,12,15)(H,13,16). The number of aromatic nitrogens is 2. The van der Waals surface area contributed by atoms with Crippen molar-refractivity contribution in [1.82, 2.24) is 10.2 Å². The van der Waals surface area contributed by atoms with Crippen molar-refractivity contribution < 1.29 is 0 Å². The molecule has 84 valence electrons. The number of rotatable bonds is 2. The minimum absolute atomic E-state index is 0.277. The van der Waals surface area contributed by atoms with Crippen LogP contribution in [-0.2, 0) is 0 Å². The first-order valence-corrected chi connectivity index (χ1v) is 5.09. The lowest BCUT2D eigenvalue weighted by atomic mass is 10.1. The van der Waals surface area contributed by atoms with Crippen LogP contribution < -0.4 is 16.0 Å². The van der Waals surface area contributed by atoms with Crippen LogP contribution in [0.1, 0.15) is 6.92 Å². The van der Waals surface area contributed by atoms with Crippen molar-refractivity contribution in [1.29, 1.82) is 0 Å². The second-order valence-corrected chi connectivity index (χ2v) is 3.65. The van der Waals surface area contributed by atoms with Crippen LogP contribution in [0.25, 0.3) is 10.8 Å². The summed E-state index contributed by atoms with van der Waals surface area (Å²) in [6.45, 7) is 2.86. The van der Waals surface area contributed by atoms with Crippen molar-refractivity contribution in [3.05, 3.63) is 38.9 Å². The molecule has 0 atom stereocenters. The van der Waals surface area contributed by atoms with Crippen LogP contribution in [0.3, 0.4) is 0 Å². The van der Waals surface area contributed by atoms with Crippen LogP contribution in [0, 0.1) is 0 Å². The summed E-state index contributed by atoms with van der Waals surface area (Å²) in [5, 5.41) is 5.45. The lowest BCUT2D eigenvalue weighted by Gasteiger charge is -2.16. The molecule has 1 heterocycles. The van der Waals surface area contributed by atoms with E-state index < -0.39 is 0 Å². The third-order valence-corrected chi connectivity index (χ3v) is 2.70. The van der Waals surface area contributed by atoms with Gasteiger partial charge in [0.2, 0.25) is 0 Å². The number of fused-ring (bicyclic) bond motifs is 1. The lowest BCUT2D eigenvalue weighted by molar-refractivity contribution is 0.962. The summed E-state index contributed by atoms with van der Waals surface area (Å²) >= 11 is 0. The smallest absolute Gasteiger partial charge is 0.270 e. The lowest BCUT2D eigenvalue weighted by Crippen LogP contribution is -2.20. The topological polar surface area (TPSA) is 69.0 Å². The van der Waals surface area contributed by atoms with E-state index in [0.717, 1.165) is 12.2 Å². The van der Waals surface area contributed by atoms with E-state index in [1.54, 1.807) is 12.1 Å². The molecule has 0 bridgehead atoms. The molecular formula is C11H13N3O2. The summed E-state index contributed by atoms with van der Waals surface area (Å²) < 4.78 is 0. The number of benzene rings is 1. The Bertz CT molecular complexity index is 627. The van der Waals surface area contributed by atoms with Crippen LogP contribution in [0.2, 0.25) is 0 Å². The largest absolute Gasteiger partial charge is 0.375 e. The first-order chi connectivity index (χ1) is 7.63. The molecule has 2 N–H and O–H groups in total. The fraction of sp³-hybridized carbons (Fsp3) is 0.273. The molecule has 16 heavy (non-hydrogen) atoms. The van der Waals surface area contributed by atoms with Crippen molar-refractivity contribution in [2.24, 2.45) is 0 Å². The fourth-order valence-corrected chi connectivity index (χ4v) is 1.59. The van der Waals surface area contributed by atoms with Crippen molar-refractivity contribution in [2.75, 3.05) is 18.5 Å². The molecule has 5 nitrogen and oxygen atoms in total. The summed E-state index contributed by atoms with van der Waals surface area (Å²) in [7, 11) is 1.93. The summed E-state index contributed by atoms with van der Waals surface area (Å²) in [5.74, 6) is 0. The molecule has 1 aromatic heterocycles. The van der Waals surface area contributed by atoms with Gasteiger partial charge < -0.3 is 4.90 Å². The van der Waals surface area contributed by atoms with Crippen LogP contribution in [0.15, 0.2) is 27.8 Å². The van der Waals surface area contributed by atoms with Gasteiger partial charge >= 0.3 is 0 Å². The van der Waals surface area contributed by atoms with E-state index in [4.69, 9.17) is 0 Å². The van der Waals surface area contributed by atoms with Gasteiger partial charge in [0.05, 0.1) is 10.8 Å².